The molecule has 0 spiro atoms. The number of amides is 3. The van der Waals surface area contributed by atoms with Crippen molar-refractivity contribution in [2.24, 2.45) is 0 Å². The third-order valence-corrected chi connectivity index (χ3v) is 12.7. The Morgan fingerprint density at radius 2 is 1.70 bits per heavy atom. The Bertz CT molecular complexity index is 2430. The van der Waals surface area contributed by atoms with Crippen LogP contribution in [0.15, 0.2) is 48.5 Å². The van der Waals surface area contributed by atoms with Crippen molar-refractivity contribution in [3.63, 3.8) is 0 Å². The average molecular weight is 860 g/mol. The van der Waals surface area contributed by atoms with Gasteiger partial charge < -0.3 is 39.6 Å². The summed E-state index contributed by atoms with van der Waals surface area (Å²) in [6.45, 7) is 8.77. The predicted octanol–water partition coefficient (Wildman–Crippen LogP) is 1.14. The van der Waals surface area contributed by atoms with Crippen molar-refractivity contribution >= 4 is 45.1 Å². The molecule has 0 radical (unpaired) electrons. The number of ether oxygens (including phenoxy) is 2. The summed E-state index contributed by atoms with van der Waals surface area (Å²) in [6, 6.07) is 15.1. The molecule has 0 saturated carbocycles. The van der Waals surface area contributed by atoms with Gasteiger partial charge in [0, 0.05) is 88.6 Å². The van der Waals surface area contributed by atoms with Crippen LogP contribution in [0.2, 0.25) is 0 Å². The van der Waals surface area contributed by atoms with Crippen LogP contribution in [0.1, 0.15) is 83.3 Å². The number of fused-ring (bicyclic) bond motifs is 4. The first-order valence-corrected chi connectivity index (χ1v) is 22.4. The van der Waals surface area contributed by atoms with Gasteiger partial charge in [0.2, 0.25) is 17.2 Å². The van der Waals surface area contributed by atoms with Crippen LogP contribution >= 0.6 is 0 Å². The third kappa shape index (κ3) is 10.3. The molecule has 0 unspecified atom stereocenters. The molecule has 0 bridgehead atoms. The van der Waals surface area contributed by atoms with Crippen LogP contribution in [0.5, 0.6) is 0 Å². The van der Waals surface area contributed by atoms with Gasteiger partial charge in [0.15, 0.2) is 6.54 Å². The van der Waals surface area contributed by atoms with Gasteiger partial charge in [0.25, 0.3) is 5.91 Å². The first kappa shape index (κ1) is 45.4. The molecule has 328 valence electrons. The lowest BCUT2D eigenvalue weighted by molar-refractivity contribution is -0.137. The van der Waals surface area contributed by atoms with Crippen LogP contribution in [0, 0.1) is 0 Å². The van der Waals surface area contributed by atoms with Crippen LogP contribution in [-0.4, -0.2) is 132 Å². The monoisotopic (exact) mass is 859 g/mol. The summed E-state index contributed by atoms with van der Waals surface area (Å²) < 4.78 is 48.1. The number of aryl methyl sites for hydroxylation is 2. The lowest BCUT2D eigenvalue weighted by Gasteiger charge is -2.39. The van der Waals surface area contributed by atoms with Crippen LogP contribution < -0.4 is 30.7 Å². The van der Waals surface area contributed by atoms with Crippen LogP contribution in [0.3, 0.4) is 0 Å². The van der Waals surface area contributed by atoms with Crippen LogP contribution in [0.25, 0.3) is 5.57 Å². The number of anilines is 1. The molecule has 61 heavy (non-hydrogen) atoms. The number of rotatable bonds is 18. The Labute approximate surface area is 357 Å². The summed E-state index contributed by atoms with van der Waals surface area (Å²) in [7, 11) is 0.0561. The molecular formula is C45H57N5O10S. The number of hydrogen-bond donors (Lipinski definition) is 3. The number of methoxy groups -OCH3 is 2. The summed E-state index contributed by atoms with van der Waals surface area (Å²) in [4.78, 5) is 55.0. The van der Waals surface area contributed by atoms with E-state index in [1.165, 1.54) is 27.1 Å². The van der Waals surface area contributed by atoms with Crippen LogP contribution in [0.4, 0.5) is 5.69 Å². The van der Waals surface area contributed by atoms with Gasteiger partial charge in [-0.15, -0.1) is 0 Å². The van der Waals surface area contributed by atoms with Gasteiger partial charge >= 0.3 is 5.97 Å². The second-order valence-electron chi connectivity index (χ2n) is 16.5. The summed E-state index contributed by atoms with van der Waals surface area (Å²) in [5, 5.41) is 15.7. The van der Waals surface area contributed by atoms with Crippen molar-refractivity contribution in [1.82, 2.24) is 20.1 Å². The van der Waals surface area contributed by atoms with E-state index in [2.05, 4.69) is 58.2 Å². The molecule has 0 aromatic heterocycles. The predicted molar refractivity (Wildman–Crippen MR) is 229 cm³/mol. The van der Waals surface area contributed by atoms with Gasteiger partial charge in [-0.1, -0.05) is 32.0 Å². The van der Waals surface area contributed by atoms with Crippen molar-refractivity contribution in [3.05, 3.63) is 98.1 Å². The first-order valence-electron chi connectivity index (χ1n) is 20.8. The third-order valence-electron chi connectivity index (χ3n) is 12.0. The summed E-state index contributed by atoms with van der Waals surface area (Å²) >= 11 is 0. The number of carboxylic acid groups (broad SMARTS) is 1. The standard InChI is InChI=1S/C45H57N5O10S/c1-45(2)35-26-38-29(10-8-17-49(38)20-22-59-4)24-33(35)42(34-25-30-11-9-18-50(21-23-60-5)39(30)27-36(34)45)31-12-6-7-13-32(31)44(55)48(3)19-15-40(51)47-37(28-61(56,57)58)43(54)46-16-14-41(52)53/h6-7,12-13,24-27,37H,8-11,14-23,28H2,1-5H3,(H3-,46,47,51,52,53,54,56,57,58)/t37-/m0/s1. The molecule has 2 heterocycles. The van der Waals surface area contributed by atoms with E-state index in [4.69, 9.17) is 14.6 Å². The second-order valence-corrected chi connectivity index (χ2v) is 18.0. The fourth-order valence-corrected chi connectivity index (χ4v) is 9.49. The lowest BCUT2D eigenvalue weighted by Crippen LogP contribution is -2.51. The van der Waals surface area contributed by atoms with Crippen molar-refractivity contribution < 1.29 is 46.7 Å². The molecule has 3 aliphatic rings. The highest BCUT2D eigenvalue weighted by Gasteiger charge is 2.37. The van der Waals surface area contributed by atoms with Crippen molar-refractivity contribution in [1.29, 1.82) is 0 Å². The molecule has 15 nitrogen and oxygen atoms in total. The maximum absolute atomic E-state index is 14.5. The quantitative estimate of drug-likeness (QED) is 0.123. The topological polar surface area (TPSA) is 198 Å². The molecule has 0 fully saturated rings. The minimum atomic E-state index is -4.95. The van der Waals surface area contributed by atoms with E-state index >= 15 is 0 Å². The summed E-state index contributed by atoms with van der Waals surface area (Å²) in [6.07, 6.45) is 3.10. The maximum atomic E-state index is 14.5. The number of carbonyl (C=O) groups is 4. The minimum Gasteiger partial charge on any atom is -0.748 e. The van der Waals surface area contributed by atoms with E-state index in [1.54, 1.807) is 27.3 Å². The van der Waals surface area contributed by atoms with E-state index < -0.39 is 51.5 Å². The van der Waals surface area contributed by atoms with Gasteiger partial charge in [0.05, 0.1) is 28.9 Å². The Balaban J connectivity index is 1.40. The molecule has 3 amide bonds. The largest absolute Gasteiger partial charge is 0.748 e. The molecule has 2 aliphatic heterocycles. The molecule has 16 heteroatoms. The molecule has 3 aromatic rings. The Hall–Kier alpha value is -5.16. The van der Waals surface area contributed by atoms with Gasteiger partial charge in [0.1, 0.15) is 19.2 Å². The normalized spacial score (nSPS) is 15.8. The van der Waals surface area contributed by atoms with E-state index in [0.29, 0.717) is 18.8 Å². The molecule has 1 atom stereocenters. The molecular weight excluding hydrogens is 803 g/mol. The Morgan fingerprint density at radius 3 is 2.43 bits per heavy atom. The Morgan fingerprint density at radius 1 is 0.967 bits per heavy atom. The van der Waals surface area contributed by atoms with E-state index in [0.717, 1.165) is 84.9 Å². The average Bonchev–Trinajstić information content (AvgIpc) is 3.22. The lowest BCUT2D eigenvalue weighted by atomic mass is 9.67. The summed E-state index contributed by atoms with van der Waals surface area (Å²) in [5.74, 6) is -4.54. The van der Waals surface area contributed by atoms with Gasteiger partial charge in [-0.05, 0) is 82.1 Å². The van der Waals surface area contributed by atoms with Crippen LogP contribution in [-0.2, 0) is 52.2 Å². The maximum Gasteiger partial charge on any atom is 0.305 e. The van der Waals surface area contributed by atoms with Crippen molar-refractivity contribution in [2.45, 2.75) is 63.8 Å². The second kappa shape index (κ2) is 19.3. The number of nitrogens with zero attached hydrogens (tertiary/aromatic N) is 3. The van der Waals surface area contributed by atoms with Crippen molar-refractivity contribution in [2.75, 3.05) is 84.4 Å². The zero-order chi connectivity index (χ0) is 44.1. The zero-order valence-corrected chi connectivity index (χ0v) is 36.5. The molecule has 3 aromatic carbocycles. The fraction of sp³-hybridized carbons (Fsp3) is 0.489. The highest BCUT2D eigenvalue weighted by molar-refractivity contribution is 7.85. The SMILES string of the molecule is COCCN1CCCc2cc3c(cc21)C(C)(C)c1cc2c(cc1=C3c1ccccc1C(=O)N(C)CCC(=O)N[C@@H](CS(=O)(=O)[O-])C(=O)NCCC(=O)O)CCC[N+]=2CCOC. The zero-order valence-electron chi connectivity index (χ0n) is 35.7. The van der Waals surface area contributed by atoms with E-state index in [9.17, 15) is 32.1 Å². The fourth-order valence-electron chi connectivity index (χ4n) is 8.85. The minimum absolute atomic E-state index is 0.0956. The van der Waals surface area contributed by atoms with Gasteiger partial charge in [-0.25, -0.2) is 13.0 Å². The van der Waals surface area contributed by atoms with Crippen molar-refractivity contribution in [3.8, 4) is 0 Å². The molecule has 6 rings (SSSR count). The number of carbonyl (C=O) groups excluding carboxylic acids is 3. The van der Waals surface area contributed by atoms with Gasteiger partial charge in [-0.2, -0.15) is 0 Å². The number of benzene rings is 3. The number of nitrogens with one attached hydrogen (secondary N) is 2. The van der Waals surface area contributed by atoms with E-state index in [1.807, 2.05) is 18.2 Å². The summed E-state index contributed by atoms with van der Waals surface area (Å²) in [5.41, 5.74) is 8.81. The molecule has 1 aliphatic carbocycles. The first-order chi connectivity index (χ1) is 29.0. The molecule has 3 N–H and O–H groups in total. The van der Waals surface area contributed by atoms with E-state index in [-0.39, 0.29) is 25.4 Å². The highest BCUT2D eigenvalue weighted by atomic mass is 32.2. The van der Waals surface area contributed by atoms with Gasteiger partial charge in [-0.3, -0.25) is 19.2 Å². The molecule has 0 saturated heterocycles. The Kier molecular flexibility index (Phi) is 14.3. The highest BCUT2D eigenvalue weighted by Crippen LogP contribution is 2.44. The smallest absolute Gasteiger partial charge is 0.305 e. The number of carboxylic acids is 1. The number of hydrogen-bond acceptors (Lipinski definition) is 10. The number of aliphatic carboxylic acids is 1.